The molecule has 0 saturated heterocycles. The Kier molecular flexibility index (Phi) is 5.44. The van der Waals surface area contributed by atoms with Gasteiger partial charge < -0.3 is 4.90 Å². The predicted octanol–water partition coefficient (Wildman–Crippen LogP) is 4.20. The van der Waals surface area contributed by atoms with Crippen LogP contribution in [0, 0.1) is 13.8 Å². The maximum absolute atomic E-state index is 12.5. The van der Waals surface area contributed by atoms with Crippen LogP contribution in [0.1, 0.15) is 23.9 Å². The Hall–Kier alpha value is -2.18. The highest BCUT2D eigenvalue weighted by molar-refractivity contribution is 7.13. The summed E-state index contributed by atoms with van der Waals surface area (Å²) in [6.45, 7) is 7.36. The number of thiazole rings is 1. The maximum Gasteiger partial charge on any atom is 0.277 e. The summed E-state index contributed by atoms with van der Waals surface area (Å²) in [5.74, 6) is 0. The first kappa shape index (κ1) is 18.6. The number of hydrogen-bond donors (Lipinski definition) is 0. The van der Waals surface area contributed by atoms with E-state index in [1.165, 1.54) is 16.0 Å². The van der Waals surface area contributed by atoms with Crippen LogP contribution in [0.2, 0.25) is 5.02 Å². The first-order chi connectivity index (χ1) is 12.4. The molecule has 0 radical (unpaired) electrons. The van der Waals surface area contributed by atoms with Crippen molar-refractivity contribution in [1.29, 1.82) is 0 Å². The van der Waals surface area contributed by atoms with Crippen molar-refractivity contribution in [2.75, 3.05) is 11.4 Å². The van der Waals surface area contributed by atoms with Crippen LogP contribution >= 0.6 is 22.9 Å². The van der Waals surface area contributed by atoms with Crippen LogP contribution in [0.15, 0.2) is 34.4 Å². The van der Waals surface area contributed by atoms with Crippen LogP contribution in [-0.4, -0.2) is 21.3 Å². The Morgan fingerprint density at radius 1 is 1.27 bits per heavy atom. The van der Waals surface area contributed by atoms with Gasteiger partial charge in [0.05, 0.1) is 34.2 Å². The smallest absolute Gasteiger partial charge is 0.277 e. The van der Waals surface area contributed by atoms with Gasteiger partial charge in [-0.15, -0.1) is 11.3 Å². The summed E-state index contributed by atoms with van der Waals surface area (Å²) in [5.41, 5.74) is 4.14. The zero-order valence-electron chi connectivity index (χ0n) is 15.3. The minimum absolute atomic E-state index is 0.118. The van der Waals surface area contributed by atoms with Gasteiger partial charge in [0.15, 0.2) is 0 Å². The zero-order chi connectivity index (χ0) is 18.8. The molecule has 0 aliphatic rings. The molecule has 0 atom stereocenters. The number of halogens is 1. The molecule has 0 fully saturated rings. The molecule has 0 aliphatic heterocycles. The second-order valence-corrected chi connectivity index (χ2v) is 7.39. The number of benzene rings is 1. The normalized spacial score (nSPS) is 11.0. The third kappa shape index (κ3) is 3.52. The van der Waals surface area contributed by atoms with E-state index in [9.17, 15) is 4.79 Å². The standard InChI is InChI=1S/C19H21ClN4OS/c1-5-24(16-9-7-6-8-15(16)20)10-14-11-26-18(21-14)17-12(2)13(3)22-23(4)19(17)25/h6-9,11H,5,10H2,1-4H3. The summed E-state index contributed by atoms with van der Waals surface area (Å²) in [6, 6.07) is 7.79. The number of para-hydroxylation sites is 1. The van der Waals surface area contributed by atoms with E-state index in [0.717, 1.165) is 39.2 Å². The monoisotopic (exact) mass is 388 g/mol. The van der Waals surface area contributed by atoms with Crippen molar-refractivity contribution in [2.24, 2.45) is 7.05 Å². The quantitative estimate of drug-likeness (QED) is 0.657. The summed E-state index contributed by atoms with van der Waals surface area (Å²) in [7, 11) is 1.67. The number of hydrogen-bond acceptors (Lipinski definition) is 5. The van der Waals surface area contributed by atoms with Gasteiger partial charge in [-0.05, 0) is 38.5 Å². The van der Waals surface area contributed by atoms with Gasteiger partial charge in [0.1, 0.15) is 5.01 Å². The highest BCUT2D eigenvalue weighted by atomic mass is 35.5. The Morgan fingerprint density at radius 2 is 2.00 bits per heavy atom. The van der Waals surface area contributed by atoms with E-state index in [2.05, 4.69) is 16.9 Å². The molecular formula is C19H21ClN4OS. The molecule has 7 heteroatoms. The van der Waals surface area contributed by atoms with Gasteiger partial charge in [0, 0.05) is 19.0 Å². The topological polar surface area (TPSA) is 51.0 Å². The van der Waals surface area contributed by atoms with Gasteiger partial charge in [-0.25, -0.2) is 9.67 Å². The lowest BCUT2D eigenvalue weighted by atomic mass is 10.1. The van der Waals surface area contributed by atoms with Gasteiger partial charge in [0.2, 0.25) is 0 Å². The van der Waals surface area contributed by atoms with Gasteiger partial charge in [-0.1, -0.05) is 23.7 Å². The third-order valence-corrected chi connectivity index (χ3v) is 5.65. The number of rotatable bonds is 5. The molecule has 0 aliphatic carbocycles. The van der Waals surface area contributed by atoms with E-state index >= 15 is 0 Å². The molecule has 1 aromatic carbocycles. The average molecular weight is 389 g/mol. The minimum atomic E-state index is -0.118. The Labute approximate surface area is 161 Å². The number of aryl methyl sites for hydroxylation is 2. The fraction of sp³-hybridized carbons (Fsp3) is 0.316. The first-order valence-electron chi connectivity index (χ1n) is 8.41. The molecule has 3 aromatic rings. The number of aromatic nitrogens is 3. The van der Waals surface area contributed by atoms with Crippen LogP contribution < -0.4 is 10.5 Å². The lowest BCUT2D eigenvalue weighted by Gasteiger charge is -2.23. The largest absolute Gasteiger partial charge is 0.365 e. The van der Waals surface area contributed by atoms with E-state index in [-0.39, 0.29) is 5.56 Å². The van der Waals surface area contributed by atoms with Crippen LogP contribution in [-0.2, 0) is 13.6 Å². The summed E-state index contributed by atoms with van der Waals surface area (Å²) >= 11 is 7.82. The van der Waals surface area contributed by atoms with E-state index < -0.39 is 0 Å². The molecule has 5 nitrogen and oxygen atoms in total. The average Bonchev–Trinajstić information content (AvgIpc) is 3.07. The predicted molar refractivity (Wildman–Crippen MR) is 108 cm³/mol. The fourth-order valence-corrected chi connectivity index (χ4v) is 4.02. The second-order valence-electron chi connectivity index (χ2n) is 6.12. The summed E-state index contributed by atoms with van der Waals surface area (Å²) in [6.07, 6.45) is 0. The van der Waals surface area contributed by atoms with Gasteiger partial charge >= 0.3 is 0 Å². The van der Waals surface area contributed by atoms with E-state index in [0.29, 0.717) is 12.1 Å². The van der Waals surface area contributed by atoms with E-state index in [1.54, 1.807) is 7.05 Å². The highest BCUT2D eigenvalue weighted by Crippen LogP contribution is 2.29. The third-order valence-electron chi connectivity index (χ3n) is 4.42. The Bertz CT molecular complexity index is 995. The highest BCUT2D eigenvalue weighted by Gasteiger charge is 2.17. The molecule has 3 rings (SSSR count). The lowest BCUT2D eigenvalue weighted by Crippen LogP contribution is -2.24. The van der Waals surface area contributed by atoms with Crippen LogP contribution in [0.25, 0.3) is 10.6 Å². The molecule has 136 valence electrons. The van der Waals surface area contributed by atoms with Crippen molar-refractivity contribution in [2.45, 2.75) is 27.3 Å². The second kappa shape index (κ2) is 7.60. The molecule has 2 aromatic heterocycles. The molecule has 0 spiro atoms. The number of nitrogens with zero attached hydrogens (tertiary/aromatic N) is 4. The number of anilines is 1. The Morgan fingerprint density at radius 3 is 2.69 bits per heavy atom. The lowest BCUT2D eigenvalue weighted by molar-refractivity contribution is 0.690. The molecular weight excluding hydrogens is 368 g/mol. The zero-order valence-corrected chi connectivity index (χ0v) is 16.9. The molecule has 0 saturated carbocycles. The molecule has 2 heterocycles. The molecule has 0 N–H and O–H groups in total. The van der Waals surface area contributed by atoms with Gasteiger partial charge in [0.25, 0.3) is 5.56 Å². The SMILES string of the molecule is CCN(Cc1csc(-c2c(C)c(C)nn(C)c2=O)n1)c1ccccc1Cl. The Balaban J connectivity index is 1.94. The van der Waals surface area contributed by atoms with E-state index in [4.69, 9.17) is 16.6 Å². The van der Waals surface area contributed by atoms with Crippen molar-refractivity contribution in [1.82, 2.24) is 14.8 Å². The molecule has 0 amide bonds. The summed E-state index contributed by atoms with van der Waals surface area (Å²) in [4.78, 5) is 19.4. The minimum Gasteiger partial charge on any atom is -0.365 e. The molecule has 0 bridgehead atoms. The van der Waals surface area contributed by atoms with Gasteiger partial charge in [-0.2, -0.15) is 5.10 Å². The summed E-state index contributed by atoms with van der Waals surface area (Å²) in [5, 5.41) is 7.69. The maximum atomic E-state index is 12.5. The van der Waals surface area contributed by atoms with Crippen molar-refractivity contribution < 1.29 is 0 Å². The van der Waals surface area contributed by atoms with Gasteiger partial charge in [-0.3, -0.25) is 4.79 Å². The first-order valence-corrected chi connectivity index (χ1v) is 9.66. The van der Waals surface area contributed by atoms with Crippen LogP contribution in [0.3, 0.4) is 0 Å². The van der Waals surface area contributed by atoms with Crippen molar-refractivity contribution >= 4 is 28.6 Å². The van der Waals surface area contributed by atoms with Crippen LogP contribution in [0.4, 0.5) is 5.69 Å². The fourth-order valence-electron chi connectivity index (χ4n) is 2.87. The van der Waals surface area contributed by atoms with Crippen molar-refractivity contribution in [3.63, 3.8) is 0 Å². The molecule has 26 heavy (non-hydrogen) atoms. The van der Waals surface area contributed by atoms with Crippen molar-refractivity contribution in [3.8, 4) is 10.6 Å². The van der Waals surface area contributed by atoms with Crippen LogP contribution in [0.5, 0.6) is 0 Å². The van der Waals surface area contributed by atoms with E-state index in [1.807, 2.05) is 43.5 Å². The molecule has 0 unspecified atom stereocenters. The van der Waals surface area contributed by atoms with Crippen molar-refractivity contribution in [3.05, 3.63) is 62.0 Å². The summed E-state index contributed by atoms with van der Waals surface area (Å²) < 4.78 is 1.38.